The molecule has 0 aliphatic carbocycles. The number of nitrogens with one attached hydrogen (secondary N) is 2. The Morgan fingerprint density at radius 2 is 1.86 bits per heavy atom. The van der Waals surface area contributed by atoms with Crippen LogP contribution in [0.5, 0.6) is 5.75 Å². The summed E-state index contributed by atoms with van der Waals surface area (Å²) in [4.78, 5) is 23.3. The van der Waals surface area contributed by atoms with E-state index in [2.05, 4.69) is 52.1 Å². The maximum atomic E-state index is 5.87. The number of rotatable bonds is 7. The van der Waals surface area contributed by atoms with E-state index in [1.807, 2.05) is 62.6 Å². The van der Waals surface area contributed by atoms with Gasteiger partial charge in [0.05, 0.1) is 29.6 Å². The van der Waals surface area contributed by atoms with Crippen molar-refractivity contribution in [3.63, 3.8) is 0 Å². The molecule has 10 heteroatoms. The minimum Gasteiger partial charge on any atom is -0.491 e. The Morgan fingerprint density at radius 1 is 0.972 bits per heavy atom. The van der Waals surface area contributed by atoms with Crippen molar-refractivity contribution in [1.29, 1.82) is 0 Å². The van der Waals surface area contributed by atoms with Crippen molar-refractivity contribution in [3.8, 4) is 34.0 Å². The number of likely N-dealkylation sites (N-methyl/N-ethyl adjacent to an activating group) is 1. The average Bonchev–Trinajstić information content (AvgIpc) is 3.61. The van der Waals surface area contributed by atoms with Gasteiger partial charge in [0.1, 0.15) is 23.7 Å². The molecule has 6 aromatic rings. The van der Waals surface area contributed by atoms with Gasteiger partial charge in [-0.3, -0.25) is 10.1 Å². The second-order valence-electron chi connectivity index (χ2n) is 8.95. The second-order valence-corrected chi connectivity index (χ2v) is 8.95. The third-order valence-electron chi connectivity index (χ3n) is 6.02. The van der Waals surface area contributed by atoms with Crippen LogP contribution < -0.4 is 4.74 Å². The fourth-order valence-electron chi connectivity index (χ4n) is 4.19. The molecule has 0 aromatic carbocycles. The molecule has 0 saturated heterocycles. The monoisotopic (exact) mass is 479 g/mol. The average molecular weight is 480 g/mol. The Labute approximate surface area is 207 Å². The lowest BCUT2D eigenvalue weighted by atomic mass is 10.1. The van der Waals surface area contributed by atoms with Gasteiger partial charge in [-0.25, -0.2) is 15.0 Å². The number of fused-ring (bicyclic) bond motifs is 2. The number of aryl methyl sites for hydroxylation is 1. The molecular weight excluding hydrogens is 454 g/mol. The lowest BCUT2D eigenvalue weighted by molar-refractivity contribution is 0.261. The first-order valence-electron chi connectivity index (χ1n) is 11.6. The first-order chi connectivity index (χ1) is 17.5. The minimum absolute atomic E-state index is 0.594. The summed E-state index contributed by atoms with van der Waals surface area (Å²) in [5, 5.41) is 9.50. The van der Waals surface area contributed by atoms with Crippen LogP contribution in [0.4, 0.5) is 0 Å². The molecule has 0 amide bonds. The number of nitrogens with zero attached hydrogens (tertiary/aromatic N) is 7. The SMILES string of the molecule is Cc1cn(-c2ccnc3[nH]c(-c4n[nH]c5ncc(-c6cncc(OCCN(C)C)c6)cc45)cc23)cn1. The van der Waals surface area contributed by atoms with E-state index in [0.29, 0.717) is 12.3 Å². The van der Waals surface area contributed by atoms with E-state index >= 15 is 0 Å². The van der Waals surface area contributed by atoms with E-state index in [1.165, 1.54) is 0 Å². The predicted molar refractivity (Wildman–Crippen MR) is 138 cm³/mol. The molecule has 0 unspecified atom stereocenters. The number of H-pyrrole nitrogens is 2. The van der Waals surface area contributed by atoms with Crippen molar-refractivity contribution in [1.82, 2.24) is 44.6 Å². The van der Waals surface area contributed by atoms with Gasteiger partial charge in [0.2, 0.25) is 0 Å². The molecule has 0 spiro atoms. The quantitative estimate of drug-likeness (QED) is 0.356. The summed E-state index contributed by atoms with van der Waals surface area (Å²) in [6.45, 7) is 3.40. The fraction of sp³-hybridized carbons (Fsp3) is 0.192. The highest BCUT2D eigenvalue weighted by Gasteiger charge is 2.16. The van der Waals surface area contributed by atoms with Crippen LogP contribution in [0.2, 0.25) is 0 Å². The van der Waals surface area contributed by atoms with Crippen molar-refractivity contribution < 1.29 is 4.74 Å². The largest absolute Gasteiger partial charge is 0.491 e. The number of imidazole rings is 1. The van der Waals surface area contributed by atoms with Crippen LogP contribution in [0, 0.1) is 6.92 Å². The van der Waals surface area contributed by atoms with Crippen molar-refractivity contribution in [3.05, 3.63) is 67.3 Å². The second kappa shape index (κ2) is 8.90. The van der Waals surface area contributed by atoms with Crippen LogP contribution in [0.25, 0.3) is 50.3 Å². The Morgan fingerprint density at radius 3 is 2.69 bits per heavy atom. The molecular formula is C26H25N9O. The molecule has 6 aromatic heterocycles. The molecule has 2 N–H and O–H groups in total. The molecule has 0 atom stereocenters. The predicted octanol–water partition coefficient (Wildman–Crippen LogP) is 4.00. The van der Waals surface area contributed by atoms with E-state index in [9.17, 15) is 0 Å². The molecule has 6 heterocycles. The lowest BCUT2D eigenvalue weighted by Crippen LogP contribution is -2.19. The summed E-state index contributed by atoms with van der Waals surface area (Å²) >= 11 is 0. The molecule has 0 fully saturated rings. The fourth-order valence-corrected chi connectivity index (χ4v) is 4.19. The van der Waals surface area contributed by atoms with Gasteiger partial charge in [-0.15, -0.1) is 0 Å². The van der Waals surface area contributed by atoms with Gasteiger partial charge in [0.25, 0.3) is 0 Å². The third kappa shape index (κ3) is 4.07. The number of pyridine rings is 3. The van der Waals surface area contributed by atoms with Gasteiger partial charge in [-0.1, -0.05) is 0 Å². The number of ether oxygens (including phenoxy) is 1. The topological polar surface area (TPSA) is 113 Å². The van der Waals surface area contributed by atoms with Crippen molar-refractivity contribution >= 4 is 22.1 Å². The van der Waals surface area contributed by atoms with E-state index in [-0.39, 0.29) is 0 Å². The van der Waals surface area contributed by atoms with Crippen LogP contribution >= 0.6 is 0 Å². The summed E-state index contributed by atoms with van der Waals surface area (Å²) in [6, 6.07) is 8.10. The van der Waals surface area contributed by atoms with E-state index in [0.717, 1.165) is 62.6 Å². The first kappa shape index (κ1) is 21.9. The lowest BCUT2D eigenvalue weighted by Gasteiger charge is -2.11. The number of aromatic nitrogens is 8. The van der Waals surface area contributed by atoms with Gasteiger partial charge in [0.15, 0.2) is 5.65 Å². The van der Waals surface area contributed by atoms with Crippen molar-refractivity contribution in [2.24, 2.45) is 0 Å². The Bertz CT molecular complexity index is 1680. The van der Waals surface area contributed by atoms with Crippen molar-refractivity contribution in [2.75, 3.05) is 27.2 Å². The molecule has 36 heavy (non-hydrogen) atoms. The molecule has 6 rings (SSSR count). The van der Waals surface area contributed by atoms with E-state index < -0.39 is 0 Å². The van der Waals surface area contributed by atoms with Gasteiger partial charge in [-0.2, -0.15) is 5.10 Å². The zero-order chi connectivity index (χ0) is 24.6. The van der Waals surface area contributed by atoms with E-state index in [1.54, 1.807) is 12.4 Å². The Balaban J connectivity index is 1.37. The summed E-state index contributed by atoms with van der Waals surface area (Å²) < 4.78 is 7.87. The normalized spacial score (nSPS) is 11.7. The van der Waals surface area contributed by atoms with Crippen LogP contribution in [-0.2, 0) is 0 Å². The van der Waals surface area contributed by atoms with Crippen molar-refractivity contribution in [2.45, 2.75) is 6.92 Å². The maximum absolute atomic E-state index is 5.87. The van der Waals surface area contributed by atoms with E-state index in [4.69, 9.17) is 4.74 Å². The zero-order valence-electron chi connectivity index (χ0n) is 20.2. The summed E-state index contributed by atoms with van der Waals surface area (Å²) in [5.74, 6) is 0.728. The smallest absolute Gasteiger partial charge is 0.155 e. The molecule has 10 nitrogen and oxygen atoms in total. The summed E-state index contributed by atoms with van der Waals surface area (Å²) in [7, 11) is 4.04. The van der Waals surface area contributed by atoms with Crippen LogP contribution in [-0.4, -0.2) is 71.8 Å². The molecule has 0 aliphatic rings. The highest BCUT2D eigenvalue weighted by molar-refractivity contribution is 5.97. The van der Waals surface area contributed by atoms with Crippen LogP contribution in [0.1, 0.15) is 5.69 Å². The standard InChI is InChI=1S/C26H25N9O/c1-16-14-35(15-30-16)23-4-5-28-25-20(23)10-22(31-25)24-21-9-18(12-29-26(21)33-32-24)17-8-19(13-27-11-17)36-7-6-34(2)3/h4-5,8-15H,6-7H2,1-3H3,(H,28,31)(H,29,32,33). The van der Waals surface area contributed by atoms with Crippen LogP contribution in [0.15, 0.2) is 61.6 Å². The molecule has 0 radical (unpaired) electrons. The third-order valence-corrected chi connectivity index (χ3v) is 6.02. The number of aromatic amines is 2. The van der Waals surface area contributed by atoms with Gasteiger partial charge in [-0.05, 0) is 45.3 Å². The van der Waals surface area contributed by atoms with Crippen LogP contribution in [0.3, 0.4) is 0 Å². The highest BCUT2D eigenvalue weighted by Crippen LogP contribution is 2.32. The van der Waals surface area contributed by atoms with Gasteiger partial charge >= 0.3 is 0 Å². The number of hydrogen-bond donors (Lipinski definition) is 2. The Hall–Kier alpha value is -4.57. The minimum atomic E-state index is 0.594. The summed E-state index contributed by atoms with van der Waals surface area (Å²) in [5.41, 5.74) is 6.92. The number of hydrogen-bond acceptors (Lipinski definition) is 7. The van der Waals surface area contributed by atoms with Gasteiger partial charge in [0, 0.05) is 53.2 Å². The molecule has 0 bridgehead atoms. The molecule has 0 saturated carbocycles. The zero-order valence-corrected chi connectivity index (χ0v) is 20.2. The maximum Gasteiger partial charge on any atom is 0.155 e. The molecule has 0 aliphatic heterocycles. The Kier molecular flexibility index (Phi) is 5.42. The molecule has 180 valence electrons. The van der Waals surface area contributed by atoms with Gasteiger partial charge < -0.3 is 19.2 Å². The first-order valence-corrected chi connectivity index (χ1v) is 11.6. The summed E-state index contributed by atoms with van der Waals surface area (Å²) in [6.07, 6.45) is 10.9. The highest BCUT2D eigenvalue weighted by atomic mass is 16.5.